The fourth-order valence-corrected chi connectivity index (χ4v) is 1.54. The molecule has 2 N–H and O–H groups in total. The summed E-state index contributed by atoms with van der Waals surface area (Å²) in [7, 11) is 0. The molecular formula is C11H16ClN. The Labute approximate surface area is 84.9 Å². The summed E-state index contributed by atoms with van der Waals surface area (Å²) in [6.45, 7) is 3.00. The lowest BCUT2D eigenvalue weighted by molar-refractivity contribution is 0.538. The Morgan fingerprint density at radius 3 is 2.46 bits per heavy atom. The van der Waals surface area contributed by atoms with Crippen LogP contribution < -0.4 is 5.73 Å². The number of halogens is 1. The third kappa shape index (κ3) is 3.79. The molecule has 1 atom stereocenters. The van der Waals surface area contributed by atoms with E-state index in [-0.39, 0.29) is 0 Å². The largest absolute Gasteiger partial charge is 0.330 e. The van der Waals surface area contributed by atoms with Crippen LogP contribution in [0, 0.1) is 5.92 Å². The van der Waals surface area contributed by atoms with Gasteiger partial charge in [-0.2, -0.15) is 0 Å². The number of rotatable bonds is 4. The van der Waals surface area contributed by atoms with Crippen molar-refractivity contribution in [3.63, 3.8) is 0 Å². The summed E-state index contributed by atoms with van der Waals surface area (Å²) in [5, 5.41) is 0.801. The van der Waals surface area contributed by atoms with Crippen LogP contribution in [-0.2, 0) is 6.42 Å². The summed E-state index contributed by atoms with van der Waals surface area (Å²) >= 11 is 5.79. The molecule has 1 aromatic carbocycles. The predicted molar refractivity (Wildman–Crippen MR) is 58.0 cm³/mol. The average Bonchev–Trinajstić information content (AvgIpc) is 2.09. The number of hydrogen-bond acceptors (Lipinski definition) is 1. The highest BCUT2D eigenvalue weighted by Crippen LogP contribution is 2.14. The van der Waals surface area contributed by atoms with Crippen LogP contribution >= 0.6 is 11.6 Å². The van der Waals surface area contributed by atoms with Gasteiger partial charge in [0.25, 0.3) is 0 Å². The second-order valence-corrected chi connectivity index (χ2v) is 3.95. The zero-order chi connectivity index (χ0) is 9.68. The van der Waals surface area contributed by atoms with Gasteiger partial charge in [0.05, 0.1) is 0 Å². The summed E-state index contributed by atoms with van der Waals surface area (Å²) in [4.78, 5) is 0. The molecule has 1 rings (SSSR count). The SMILES string of the molecule is CC(CCN)Cc1ccc(Cl)cc1. The van der Waals surface area contributed by atoms with E-state index in [1.54, 1.807) is 0 Å². The van der Waals surface area contributed by atoms with Crippen LogP contribution in [0.5, 0.6) is 0 Å². The van der Waals surface area contributed by atoms with Gasteiger partial charge in [-0.05, 0) is 43.0 Å². The van der Waals surface area contributed by atoms with Crippen molar-refractivity contribution >= 4 is 11.6 Å². The average molecular weight is 198 g/mol. The molecule has 1 nitrogen and oxygen atoms in total. The normalized spacial score (nSPS) is 12.8. The molecule has 0 saturated carbocycles. The van der Waals surface area contributed by atoms with Gasteiger partial charge in [0.1, 0.15) is 0 Å². The predicted octanol–water partition coefficient (Wildman–Crippen LogP) is 2.87. The van der Waals surface area contributed by atoms with E-state index in [1.165, 1.54) is 5.56 Å². The smallest absolute Gasteiger partial charge is 0.0406 e. The zero-order valence-electron chi connectivity index (χ0n) is 7.96. The monoisotopic (exact) mass is 197 g/mol. The standard InChI is InChI=1S/C11H16ClN/c1-9(6-7-13)8-10-2-4-11(12)5-3-10/h2-5,9H,6-8,13H2,1H3. The van der Waals surface area contributed by atoms with Gasteiger partial charge in [-0.25, -0.2) is 0 Å². The van der Waals surface area contributed by atoms with E-state index in [4.69, 9.17) is 17.3 Å². The Morgan fingerprint density at radius 1 is 1.31 bits per heavy atom. The number of nitrogens with two attached hydrogens (primary N) is 1. The first kappa shape index (κ1) is 10.6. The maximum absolute atomic E-state index is 5.79. The van der Waals surface area contributed by atoms with E-state index in [2.05, 4.69) is 19.1 Å². The highest BCUT2D eigenvalue weighted by atomic mass is 35.5. The minimum absolute atomic E-state index is 0.658. The highest BCUT2D eigenvalue weighted by molar-refractivity contribution is 6.30. The van der Waals surface area contributed by atoms with Crippen molar-refractivity contribution in [2.75, 3.05) is 6.54 Å². The van der Waals surface area contributed by atoms with Crippen LogP contribution in [-0.4, -0.2) is 6.54 Å². The van der Waals surface area contributed by atoms with E-state index >= 15 is 0 Å². The first-order valence-corrected chi connectivity index (χ1v) is 5.04. The Kier molecular flexibility index (Phi) is 4.26. The molecule has 1 unspecified atom stereocenters. The molecule has 0 aliphatic rings. The molecule has 0 radical (unpaired) electrons. The summed E-state index contributed by atoms with van der Waals surface area (Å²) in [5.41, 5.74) is 6.82. The van der Waals surface area contributed by atoms with Gasteiger partial charge in [-0.3, -0.25) is 0 Å². The Bertz CT molecular complexity index is 243. The topological polar surface area (TPSA) is 26.0 Å². The van der Waals surface area contributed by atoms with Crippen molar-refractivity contribution in [3.8, 4) is 0 Å². The van der Waals surface area contributed by atoms with E-state index < -0.39 is 0 Å². The van der Waals surface area contributed by atoms with E-state index in [0.29, 0.717) is 5.92 Å². The van der Waals surface area contributed by atoms with Gasteiger partial charge in [0, 0.05) is 5.02 Å². The molecule has 1 aromatic rings. The third-order valence-electron chi connectivity index (χ3n) is 2.16. The van der Waals surface area contributed by atoms with Gasteiger partial charge in [-0.1, -0.05) is 30.7 Å². The van der Waals surface area contributed by atoms with Crippen molar-refractivity contribution in [2.45, 2.75) is 19.8 Å². The molecule has 0 aromatic heterocycles. The quantitative estimate of drug-likeness (QED) is 0.790. The lowest BCUT2D eigenvalue weighted by atomic mass is 9.98. The molecule has 0 aliphatic carbocycles. The molecular weight excluding hydrogens is 182 g/mol. The maximum Gasteiger partial charge on any atom is 0.0406 e. The van der Waals surface area contributed by atoms with Crippen LogP contribution in [0.25, 0.3) is 0 Å². The summed E-state index contributed by atoms with van der Waals surface area (Å²) in [6.07, 6.45) is 2.18. The minimum Gasteiger partial charge on any atom is -0.330 e. The highest BCUT2D eigenvalue weighted by Gasteiger charge is 2.01. The lowest BCUT2D eigenvalue weighted by Gasteiger charge is -2.09. The van der Waals surface area contributed by atoms with Crippen molar-refractivity contribution in [1.29, 1.82) is 0 Å². The number of benzene rings is 1. The molecule has 2 heteroatoms. The van der Waals surface area contributed by atoms with Crippen molar-refractivity contribution in [2.24, 2.45) is 11.7 Å². The second kappa shape index (κ2) is 5.25. The Morgan fingerprint density at radius 2 is 1.92 bits per heavy atom. The Balaban J connectivity index is 2.49. The van der Waals surface area contributed by atoms with Gasteiger partial charge in [0.15, 0.2) is 0 Å². The summed E-state index contributed by atoms with van der Waals surface area (Å²) in [6, 6.07) is 8.03. The molecule has 0 saturated heterocycles. The zero-order valence-corrected chi connectivity index (χ0v) is 8.72. The van der Waals surface area contributed by atoms with Gasteiger partial charge < -0.3 is 5.73 Å². The number of hydrogen-bond donors (Lipinski definition) is 1. The van der Waals surface area contributed by atoms with Gasteiger partial charge in [0.2, 0.25) is 0 Å². The van der Waals surface area contributed by atoms with Crippen molar-refractivity contribution < 1.29 is 0 Å². The lowest BCUT2D eigenvalue weighted by Crippen LogP contribution is -2.07. The van der Waals surface area contributed by atoms with Crippen molar-refractivity contribution in [1.82, 2.24) is 0 Å². The van der Waals surface area contributed by atoms with Gasteiger partial charge in [-0.15, -0.1) is 0 Å². The van der Waals surface area contributed by atoms with Crippen LogP contribution in [0.15, 0.2) is 24.3 Å². The molecule has 0 bridgehead atoms. The molecule has 0 fully saturated rings. The van der Waals surface area contributed by atoms with E-state index in [9.17, 15) is 0 Å². The van der Waals surface area contributed by atoms with Crippen LogP contribution in [0.1, 0.15) is 18.9 Å². The molecule has 0 spiro atoms. The van der Waals surface area contributed by atoms with Crippen LogP contribution in [0.3, 0.4) is 0 Å². The van der Waals surface area contributed by atoms with Gasteiger partial charge >= 0.3 is 0 Å². The van der Waals surface area contributed by atoms with Crippen LogP contribution in [0.2, 0.25) is 5.02 Å². The fourth-order valence-electron chi connectivity index (χ4n) is 1.41. The summed E-state index contributed by atoms with van der Waals surface area (Å²) in [5.74, 6) is 0.658. The Hall–Kier alpha value is -0.530. The molecule has 0 aliphatic heterocycles. The molecule has 72 valence electrons. The second-order valence-electron chi connectivity index (χ2n) is 3.51. The molecule has 0 heterocycles. The first-order valence-electron chi connectivity index (χ1n) is 4.67. The first-order chi connectivity index (χ1) is 6.22. The van der Waals surface area contributed by atoms with Crippen LogP contribution in [0.4, 0.5) is 0 Å². The molecule has 0 amide bonds. The summed E-state index contributed by atoms with van der Waals surface area (Å²) < 4.78 is 0. The third-order valence-corrected chi connectivity index (χ3v) is 2.41. The van der Waals surface area contributed by atoms with E-state index in [0.717, 1.165) is 24.4 Å². The van der Waals surface area contributed by atoms with Crippen molar-refractivity contribution in [3.05, 3.63) is 34.9 Å². The molecule has 13 heavy (non-hydrogen) atoms. The fraction of sp³-hybridized carbons (Fsp3) is 0.455. The van der Waals surface area contributed by atoms with E-state index in [1.807, 2.05) is 12.1 Å². The maximum atomic E-state index is 5.79. The minimum atomic E-state index is 0.658.